The summed E-state index contributed by atoms with van der Waals surface area (Å²) in [6.07, 6.45) is 2.64. The van der Waals surface area contributed by atoms with Crippen LogP contribution < -0.4 is 10.9 Å². The maximum atomic E-state index is 14.2. The average molecular weight is 373 g/mol. The van der Waals surface area contributed by atoms with Crippen molar-refractivity contribution >= 4 is 5.91 Å². The van der Waals surface area contributed by atoms with Crippen molar-refractivity contribution in [3.8, 4) is 0 Å². The van der Waals surface area contributed by atoms with Crippen molar-refractivity contribution in [2.24, 2.45) is 7.05 Å². The number of rotatable bonds is 4. The maximum Gasteiger partial charge on any atom is 0.253 e. The van der Waals surface area contributed by atoms with E-state index in [0.29, 0.717) is 0 Å². The van der Waals surface area contributed by atoms with E-state index >= 15 is 0 Å². The molecule has 1 amide bonds. The van der Waals surface area contributed by atoms with Crippen LogP contribution >= 0.6 is 0 Å². The van der Waals surface area contributed by atoms with Crippen molar-refractivity contribution in [3.05, 3.63) is 99.5 Å². The third kappa shape index (κ3) is 3.89. The molecule has 1 aromatic carbocycles. The van der Waals surface area contributed by atoms with Gasteiger partial charge in [0.1, 0.15) is 11.5 Å². The Balaban J connectivity index is 2.03. The van der Waals surface area contributed by atoms with E-state index in [0.717, 1.165) is 18.2 Å². The molecule has 0 saturated carbocycles. The van der Waals surface area contributed by atoms with Gasteiger partial charge in [0.15, 0.2) is 11.6 Å². The molecule has 0 aliphatic heterocycles. The van der Waals surface area contributed by atoms with Gasteiger partial charge < -0.3 is 9.88 Å². The molecule has 5 nitrogen and oxygen atoms in total. The number of amides is 1. The smallest absolute Gasteiger partial charge is 0.253 e. The van der Waals surface area contributed by atoms with Crippen LogP contribution in [-0.2, 0) is 7.05 Å². The lowest BCUT2D eigenvalue weighted by molar-refractivity contribution is 0.0941. The van der Waals surface area contributed by atoms with E-state index in [9.17, 15) is 22.8 Å². The van der Waals surface area contributed by atoms with Gasteiger partial charge >= 0.3 is 0 Å². The van der Waals surface area contributed by atoms with Crippen LogP contribution in [0, 0.1) is 17.5 Å². The summed E-state index contributed by atoms with van der Waals surface area (Å²) in [5, 5.41) is 2.55. The first-order valence-corrected chi connectivity index (χ1v) is 7.89. The normalized spacial score (nSPS) is 11.9. The van der Waals surface area contributed by atoms with Crippen LogP contribution in [0.5, 0.6) is 0 Å². The Labute approximate surface area is 152 Å². The highest BCUT2D eigenvalue weighted by Gasteiger charge is 2.23. The molecule has 1 atom stereocenters. The third-order valence-electron chi connectivity index (χ3n) is 3.96. The van der Waals surface area contributed by atoms with E-state index in [-0.39, 0.29) is 22.4 Å². The second-order valence-corrected chi connectivity index (χ2v) is 5.82. The topological polar surface area (TPSA) is 64.0 Å². The van der Waals surface area contributed by atoms with Gasteiger partial charge in [-0.05, 0) is 35.9 Å². The summed E-state index contributed by atoms with van der Waals surface area (Å²) in [6.45, 7) is 0. The van der Waals surface area contributed by atoms with Gasteiger partial charge in [0.2, 0.25) is 5.56 Å². The molecule has 0 aliphatic rings. The Morgan fingerprint density at radius 3 is 2.52 bits per heavy atom. The standard InChI is InChI=1S/C19H14F3N3O2/c1-25-10-12(5-7-16(25)26)19(27)24-17(18-14(21)3-2-8-23-18)11-4-6-13(20)15(22)9-11/h2-10,17H,1H3,(H,24,27). The van der Waals surface area contributed by atoms with Crippen LogP contribution in [0.3, 0.4) is 0 Å². The molecule has 0 fully saturated rings. The van der Waals surface area contributed by atoms with Gasteiger partial charge in [0, 0.05) is 25.5 Å². The fourth-order valence-electron chi connectivity index (χ4n) is 2.55. The van der Waals surface area contributed by atoms with Crippen LogP contribution in [0.1, 0.15) is 27.7 Å². The molecule has 1 unspecified atom stereocenters. The van der Waals surface area contributed by atoms with Gasteiger partial charge in [0.25, 0.3) is 5.91 Å². The number of benzene rings is 1. The van der Waals surface area contributed by atoms with Crippen molar-refractivity contribution in [1.82, 2.24) is 14.9 Å². The summed E-state index contributed by atoms with van der Waals surface area (Å²) in [4.78, 5) is 28.0. The molecular weight excluding hydrogens is 359 g/mol. The Morgan fingerprint density at radius 1 is 1.07 bits per heavy atom. The number of carbonyl (C=O) groups excluding carboxylic acids is 1. The first-order chi connectivity index (χ1) is 12.9. The zero-order chi connectivity index (χ0) is 19.6. The summed E-state index contributed by atoms with van der Waals surface area (Å²) in [7, 11) is 1.48. The SMILES string of the molecule is Cn1cc(C(=O)NC(c2ccc(F)c(F)c2)c2ncccc2F)ccc1=O. The summed E-state index contributed by atoms with van der Waals surface area (Å²) in [5.41, 5.74) is -0.202. The number of halogens is 3. The lowest BCUT2D eigenvalue weighted by Gasteiger charge is -2.20. The van der Waals surface area contributed by atoms with Crippen LogP contribution in [0.25, 0.3) is 0 Å². The number of carbonyl (C=O) groups is 1. The van der Waals surface area contributed by atoms with E-state index in [4.69, 9.17) is 0 Å². The van der Waals surface area contributed by atoms with E-state index in [1.54, 1.807) is 0 Å². The predicted molar refractivity (Wildman–Crippen MR) is 91.5 cm³/mol. The summed E-state index contributed by atoms with van der Waals surface area (Å²) < 4.78 is 42.4. The monoisotopic (exact) mass is 373 g/mol. The minimum Gasteiger partial charge on any atom is -0.339 e. The fourth-order valence-corrected chi connectivity index (χ4v) is 2.55. The minimum atomic E-state index is -1.16. The maximum absolute atomic E-state index is 14.2. The van der Waals surface area contributed by atoms with Crippen LogP contribution in [-0.4, -0.2) is 15.5 Å². The number of hydrogen-bond acceptors (Lipinski definition) is 3. The zero-order valence-corrected chi connectivity index (χ0v) is 14.1. The van der Waals surface area contributed by atoms with Crippen molar-refractivity contribution < 1.29 is 18.0 Å². The van der Waals surface area contributed by atoms with Gasteiger partial charge in [0.05, 0.1) is 11.6 Å². The molecule has 1 N–H and O–H groups in total. The first kappa shape index (κ1) is 18.4. The summed E-state index contributed by atoms with van der Waals surface area (Å²) in [6, 6.07) is 6.87. The quantitative estimate of drug-likeness (QED) is 0.765. The second kappa shape index (κ2) is 7.45. The number of aromatic nitrogens is 2. The van der Waals surface area contributed by atoms with Crippen molar-refractivity contribution in [3.63, 3.8) is 0 Å². The van der Waals surface area contributed by atoms with E-state index < -0.39 is 29.4 Å². The van der Waals surface area contributed by atoms with E-state index in [2.05, 4.69) is 10.3 Å². The number of aryl methyl sites for hydroxylation is 1. The Kier molecular flexibility index (Phi) is 5.07. The van der Waals surface area contributed by atoms with E-state index in [1.165, 1.54) is 48.3 Å². The van der Waals surface area contributed by atoms with Crippen LogP contribution in [0.15, 0.2) is 59.7 Å². The molecule has 0 aliphatic carbocycles. The van der Waals surface area contributed by atoms with Crippen molar-refractivity contribution in [2.75, 3.05) is 0 Å². The number of hydrogen-bond donors (Lipinski definition) is 1. The molecule has 0 spiro atoms. The molecule has 3 rings (SSSR count). The van der Waals surface area contributed by atoms with E-state index in [1.807, 2.05) is 0 Å². The molecular formula is C19H14F3N3O2. The van der Waals surface area contributed by atoms with Gasteiger partial charge in [-0.1, -0.05) is 6.07 Å². The highest BCUT2D eigenvalue weighted by Crippen LogP contribution is 2.24. The summed E-state index contributed by atoms with van der Waals surface area (Å²) >= 11 is 0. The largest absolute Gasteiger partial charge is 0.339 e. The lowest BCUT2D eigenvalue weighted by atomic mass is 10.0. The molecule has 0 saturated heterocycles. The molecule has 0 bridgehead atoms. The second-order valence-electron chi connectivity index (χ2n) is 5.82. The van der Waals surface area contributed by atoms with Crippen molar-refractivity contribution in [1.29, 1.82) is 0 Å². The van der Waals surface area contributed by atoms with Gasteiger partial charge in [-0.25, -0.2) is 13.2 Å². The zero-order valence-electron chi connectivity index (χ0n) is 14.1. The number of nitrogens with one attached hydrogen (secondary N) is 1. The highest BCUT2D eigenvalue weighted by atomic mass is 19.2. The molecule has 138 valence electrons. The first-order valence-electron chi connectivity index (χ1n) is 7.89. The lowest BCUT2D eigenvalue weighted by Crippen LogP contribution is -2.31. The Bertz CT molecular complexity index is 1070. The predicted octanol–water partition coefficient (Wildman–Crippen LogP) is 2.72. The number of nitrogens with zero attached hydrogens (tertiary/aromatic N) is 2. The minimum absolute atomic E-state index is 0.115. The molecule has 2 heterocycles. The third-order valence-corrected chi connectivity index (χ3v) is 3.96. The highest BCUT2D eigenvalue weighted by molar-refractivity contribution is 5.94. The number of pyridine rings is 2. The van der Waals surface area contributed by atoms with Crippen molar-refractivity contribution in [2.45, 2.75) is 6.04 Å². The molecule has 27 heavy (non-hydrogen) atoms. The Hall–Kier alpha value is -3.42. The van der Waals surface area contributed by atoms with Crippen LogP contribution in [0.2, 0.25) is 0 Å². The van der Waals surface area contributed by atoms with Crippen LogP contribution in [0.4, 0.5) is 13.2 Å². The van der Waals surface area contributed by atoms with Gasteiger partial charge in [-0.15, -0.1) is 0 Å². The average Bonchev–Trinajstić information content (AvgIpc) is 2.65. The van der Waals surface area contributed by atoms with Gasteiger partial charge in [-0.3, -0.25) is 14.6 Å². The summed E-state index contributed by atoms with van der Waals surface area (Å²) in [5.74, 6) is -3.55. The van der Waals surface area contributed by atoms with Gasteiger partial charge in [-0.2, -0.15) is 0 Å². The molecule has 2 aromatic heterocycles. The molecule has 3 aromatic rings. The Morgan fingerprint density at radius 2 is 1.85 bits per heavy atom. The molecule has 0 radical (unpaired) electrons. The molecule has 8 heteroatoms. The fraction of sp³-hybridized carbons (Fsp3) is 0.105.